The number of halogens is 3. The van der Waals surface area contributed by atoms with Gasteiger partial charge in [-0.15, -0.1) is 24.8 Å². The van der Waals surface area contributed by atoms with E-state index in [-0.39, 0.29) is 41.0 Å². The molecule has 0 unspecified atom stereocenters. The fourth-order valence-corrected chi connectivity index (χ4v) is 1.08. The molecule has 0 saturated heterocycles. The SMILES string of the molecule is Cl.Cl.O=C(O)c1ccc(C(=O)O)c(Cl)c1. The van der Waals surface area contributed by atoms with E-state index in [1.165, 1.54) is 6.07 Å². The van der Waals surface area contributed by atoms with Gasteiger partial charge in [0.15, 0.2) is 0 Å². The van der Waals surface area contributed by atoms with Crippen LogP contribution in [-0.2, 0) is 0 Å². The second-order valence-corrected chi connectivity index (χ2v) is 2.71. The van der Waals surface area contributed by atoms with E-state index >= 15 is 0 Å². The Balaban J connectivity index is 0. The monoisotopic (exact) mass is 272 g/mol. The summed E-state index contributed by atoms with van der Waals surface area (Å²) in [6.07, 6.45) is 0. The smallest absolute Gasteiger partial charge is 0.337 e. The standard InChI is InChI=1S/C8H5ClO4.2ClH/c9-6-3-4(7(10)11)1-2-5(6)8(12)13;;/h1-3H,(H,10,11)(H,12,13);2*1H. The summed E-state index contributed by atoms with van der Waals surface area (Å²) in [5, 5.41) is 17.0. The van der Waals surface area contributed by atoms with Crippen molar-refractivity contribution in [2.24, 2.45) is 0 Å². The number of hydrogen-bond acceptors (Lipinski definition) is 2. The van der Waals surface area contributed by atoms with Gasteiger partial charge >= 0.3 is 11.9 Å². The lowest BCUT2D eigenvalue weighted by Crippen LogP contribution is -2.01. The number of aromatic carboxylic acids is 2. The summed E-state index contributed by atoms with van der Waals surface area (Å²) in [7, 11) is 0. The van der Waals surface area contributed by atoms with Crippen molar-refractivity contribution in [3.63, 3.8) is 0 Å². The maximum atomic E-state index is 10.5. The number of carboxylic acids is 2. The van der Waals surface area contributed by atoms with Crippen LogP contribution in [0.25, 0.3) is 0 Å². The summed E-state index contributed by atoms with van der Waals surface area (Å²) >= 11 is 5.52. The molecule has 0 bridgehead atoms. The van der Waals surface area contributed by atoms with Gasteiger partial charge in [-0.05, 0) is 18.2 Å². The number of carboxylic acid groups (broad SMARTS) is 2. The van der Waals surface area contributed by atoms with Crippen molar-refractivity contribution in [2.45, 2.75) is 0 Å². The summed E-state index contributed by atoms with van der Waals surface area (Å²) in [6, 6.07) is 3.46. The van der Waals surface area contributed by atoms with E-state index in [0.29, 0.717) is 0 Å². The van der Waals surface area contributed by atoms with Crippen molar-refractivity contribution in [3.8, 4) is 0 Å². The molecule has 0 aliphatic rings. The van der Waals surface area contributed by atoms with Gasteiger partial charge in [0.05, 0.1) is 16.1 Å². The molecule has 0 radical (unpaired) electrons. The normalized spacial score (nSPS) is 8.33. The molecule has 0 atom stereocenters. The molecular formula is C8H7Cl3O4. The van der Waals surface area contributed by atoms with Gasteiger partial charge in [-0.1, -0.05) is 11.6 Å². The molecule has 0 spiro atoms. The summed E-state index contributed by atoms with van der Waals surface area (Å²) < 4.78 is 0. The van der Waals surface area contributed by atoms with Crippen LogP contribution < -0.4 is 0 Å². The van der Waals surface area contributed by atoms with Crippen LogP contribution in [0.1, 0.15) is 20.7 Å². The zero-order valence-electron chi connectivity index (χ0n) is 7.14. The van der Waals surface area contributed by atoms with Crippen molar-refractivity contribution in [3.05, 3.63) is 34.3 Å². The van der Waals surface area contributed by atoms with Crippen LogP contribution in [0.3, 0.4) is 0 Å². The first-order valence-corrected chi connectivity index (χ1v) is 3.66. The molecule has 7 heteroatoms. The Labute approximate surface area is 103 Å². The fraction of sp³-hybridized carbons (Fsp3) is 0. The number of rotatable bonds is 2. The Kier molecular flexibility index (Phi) is 7.13. The molecule has 1 rings (SSSR count). The van der Waals surface area contributed by atoms with Crippen LogP contribution >= 0.6 is 36.4 Å². The minimum Gasteiger partial charge on any atom is -0.478 e. The predicted octanol–water partition coefficient (Wildman–Crippen LogP) is 2.58. The Morgan fingerprint density at radius 3 is 1.93 bits per heavy atom. The Morgan fingerprint density at radius 2 is 1.60 bits per heavy atom. The summed E-state index contributed by atoms with van der Waals surface area (Å²) in [5.74, 6) is -2.32. The molecule has 4 nitrogen and oxygen atoms in total. The highest BCUT2D eigenvalue weighted by molar-refractivity contribution is 6.33. The minimum atomic E-state index is -1.18. The van der Waals surface area contributed by atoms with Gasteiger partial charge < -0.3 is 10.2 Å². The highest BCUT2D eigenvalue weighted by Crippen LogP contribution is 2.17. The van der Waals surface area contributed by atoms with Gasteiger partial charge in [-0.2, -0.15) is 0 Å². The molecule has 0 amide bonds. The molecule has 1 aromatic carbocycles. The highest BCUT2D eigenvalue weighted by atomic mass is 35.5. The number of benzene rings is 1. The predicted molar refractivity (Wildman–Crippen MR) is 59.9 cm³/mol. The van der Waals surface area contributed by atoms with Gasteiger partial charge in [0.25, 0.3) is 0 Å². The maximum Gasteiger partial charge on any atom is 0.337 e. The zero-order valence-corrected chi connectivity index (χ0v) is 9.53. The number of hydrogen-bond donors (Lipinski definition) is 2. The molecule has 1 aromatic rings. The summed E-state index contributed by atoms with van der Waals surface area (Å²) in [6.45, 7) is 0. The molecule has 0 fully saturated rings. The third-order valence-corrected chi connectivity index (χ3v) is 1.76. The molecular weight excluding hydrogens is 266 g/mol. The molecule has 0 heterocycles. The van der Waals surface area contributed by atoms with Crippen molar-refractivity contribution in [1.82, 2.24) is 0 Å². The first kappa shape index (κ1) is 16.5. The molecule has 2 N–H and O–H groups in total. The van der Waals surface area contributed by atoms with E-state index < -0.39 is 11.9 Å². The van der Waals surface area contributed by atoms with Crippen molar-refractivity contribution in [1.29, 1.82) is 0 Å². The summed E-state index contributed by atoms with van der Waals surface area (Å²) in [5.41, 5.74) is -0.137. The van der Waals surface area contributed by atoms with E-state index in [9.17, 15) is 9.59 Å². The average Bonchev–Trinajstić information content (AvgIpc) is 2.03. The van der Waals surface area contributed by atoms with E-state index in [2.05, 4.69) is 0 Å². The Hall–Kier alpha value is -0.970. The van der Waals surface area contributed by atoms with Crippen molar-refractivity contribution < 1.29 is 19.8 Å². The van der Waals surface area contributed by atoms with Crippen LogP contribution in [0.15, 0.2) is 18.2 Å². The average molecular weight is 273 g/mol. The minimum absolute atomic E-state index is 0. The highest BCUT2D eigenvalue weighted by Gasteiger charge is 2.11. The van der Waals surface area contributed by atoms with Crippen LogP contribution in [0.2, 0.25) is 5.02 Å². The van der Waals surface area contributed by atoms with Gasteiger partial charge in [0, 0.05) is 0 Å². The second kappa shape index (κ2) is 6.50. The molecule has 0 aromatic heterocycles. The Morgan fingerprint density at radius 1 is 1.07 bits per heavy atom. The molecule has 0 aliphatic carbocycles. The number of carbonyl (C=O) groups is 2. The van der Waals surface area contributed by atoms with Crippen LogP contribution in [0, 0.1) is 0 Å². The van der Waals surface area contributed by atoms with Crippen LogP contribution in [0.4, 0.5) is 0 Å². The largest absolute Gasteiger partial charge is 0.478 e. The van der Waals surface area contributed by atoms with Crippen LogP contribution in [0.5, 0.6) is 0 Å². The third kappa shape index (κ3) is 3.95. The molecule has 0 saturated carbocycles. The van der Waals surface area contributed by atoms with Crippen molar-refractivity contribution in [2.75, 3.05) is 0 Å². The topological polar surface area (TPSA) is 74.6 Å². The maximum absolute atomic E-state index is 10.5. The van der Waals surface area contributed by atoms with Crippen molar-refractivity contribution >= 4 is 48.4 Å². The van der Waals surface area contributed by atoms with E-state index in [0.717, 1.165) is 12.1 Å². The van der Waals surface area contributed by atoms with Gasteiger partial charge in [0.2, 0.25) is 0 Å². The zero-order chi connectivity index (χ0) is 10.0. The van der Waals surface area contributed by atoms with E-state index in [4.69, 9.17) is 21.8 Å². The third-order valence-electron chi connectivity index (χ3n) is 1.45. The molecule has 84 valence electrons. The first-order chi connectivity index (χ1) is 6.02. The lowest BCUT2D eigenvalue weighted by atomic mass is 10.1. The van der Waals surface area contributed by atoms with Gasteiger partial charge in [-0.3, -0.25) is 0 Å². The van der Waals surface area contributed by atoms with Gasteiger partial charge in [-0.25, -0.2) is 9.59 Å². The fourth-order valence-electron chi connectivity index (χ4n) is 0.822. The van der Waals surface area contributed by atoms with E-state index in [1.807, 2.05) is 0 Å². The van der Waals surface area contributed by atoms with E-state index in [1.54, 1.807) is 0 Å². The quantitative estimate of drug-likeness (QED) is 0.868. The van der Waals surface area contributed by atoms with Crippen LogP contribution in [-0.4, -0.2) is 22.2 Å². The molecule has 0 aliphatic heterocycles. The second-order valence-electron chi connectivity index (χ2n) is 2.30. The molecule has 15 heavy (non-hydrogen) atoms. The summed E-state index contributed by atoms with van der Waals surface area (Å²) in [4.78, 5) is 20.9. The lowest BCUT2D eigenvalue weighted by Gasteiger charge is -1.99. The first-order valence-electron chi connectivity index (χ1n) is 3.28. The van der Waals surface area contributed by atoms with Gasteiger partial charge in [0.1, 0.15) is 0 Å². The lowest BCUT2D eigenvalue weighted by molar-refractivity contribution is 0.0681. The Bertz CT molecular complexity index is 378.